The molecule has 3 atom stereocenters. The summed E-state index contributed by atoms with van der Waals surface area (Å²) in [6, 6.07) is 8.39. The van der Waals surface area contributed by atoms with Crippen LogP contribution in [0.25, 0.3) is 0 Å². The number of aliphatic hydroxyl groups excluding tert-OH is 1. The molecular weight excluding hydrogens is 244 g/mol. The minimum atomic E-state index is -0.735. The lowest BCUT2D eigenvalue weighted by Crippen LogP contribution is -2.63. The molecule has 2 saturated heterocycles. The van der Waals surface area contributed by atoms with Crippen molar-refractivity contribution in [1.29, 1.82) is 0 Å². The zero-order chi connectivity index (χ0) is 13.4. The normalized spacial score (nSPS) is 30.2. The maximum atomic E-state index is 12.3. The van der Waals surface area contributed by atoms with Crippen LogP contribution in [0.4, 0.5) is 0 Å². The minimum absolute atomic E-state index is 0.0926. The molecule has 2 amide bonds. The number of carbonyl (C=O) groups is 2. The Kier molecular flexibility index (Phi) is 2.98. The fourth-order valence-corrected chi connectivity index (χ4v) is 2.85. The van der Waals surface area contributed by atoms with Gasteiger partial charge in [0.15, 0.2) is 0 Å². The fourth-order valence-electron chi connectivity index (χ4n) is 2.85. The van der Waals surface area contributed by atoms with E-state index in [0.717, 1.165) is 5.56 Å². The zero-order valence-electron chi connectivity index (χ0n) is 10.5. The summed E-state index contributed by atoms with van der Waals surface area (Å²) in [7, 11) is 0. The highest BCUT2D eigenvalue weighted by atomic mass is 16.3. The Morgan fingerprint density at radius 1 is 1.26 bits per heavy atom. The van der Waals surface area contributed by atoms with Crippen LogP contribution in [0.15, 0.2) is 30.3 Å². The van der Waals surface area contributed by atoms with Crippen LogP contribution in [0.5, 0.6) is 0 Å². The van der Waals surface area contributed by atoms with E-state index in [9.17, 15) is 14.7 Å². The van der Waals surface area contributed by atoms with Gasteiger partial charge in [-0.15, -0.1) is 0 Å². The number of hydrogen-bond donors (Lipinski definition) is 2. The van der Waals surface area contributed by atoms with Gasteiger partial charge in [0.2, 0.25) is 11.8 Å². The summed E-state index contributed by atoms with van der Waals surface area (Å²) in [4.78, 5) is 25.8. The third kappa shape index (κ3) is 2.10. The van der Waals surface area contributed by atoms with Crippen molar-refractivity contribution in [3.63, 3.8) is 0 Å². The average molecular weight is 260 g/mol. The second-order valence-corrected chi connectivity index (χ2v) is 5.08. The number of hydrogen-bond acceptors (Lipinski definition) is 3. The van der Waals surface area contributed by atoms with Crippen molar-refractivity contribution in [2.45, 2.75) is 31.0 Å². The van der Waals surface area contributed by atoms with E-state index in [0.29, 0.717) is 19.4 Å². The molecule has 0 aliphatic carbocycles. The van der Waals surface area contributed by atoms with Gasteiger partial charge in [0.25, 0.3) is 0 Å². The molecule has 19 heavy (non-hydrogen) atoms. The molecule has 100 valence electrons. The Balaban J connectivity index is 1.78. The quantitative estimate of drug-likeness (QED) is 0.766. The highest BCUT2D eigenvalue weighted by Crippen LogP contribution is 2.23. The Hall–Kier alpha value is -1.88. The Morgan fingerprint density at radius 2 is 2.00 bits per heavy atom. The van der Waals surface area contributed by atoms with Gasteiger partial charge in [-0.3, -0.25) is 9.59 Å². The van der Waals surface area contributed by atoms with E-state index in [1.807, 2.05) is 30.3 Å². The summed E-state index contributed by atoms with van der Waals surface area (Å²) in [6.45, 7) is 0.462. The topological polar surface area (TPSA) is 69.6 Å². The van der Waals surface area contributed by atoms with Gasteiger partial charge in [0.05, 0.1) is 6.10 Å². The lowest BCUT2D eigenvalue weighted by Gasteiger charge is -2.35. The van der Waals surface area contributed by atoms with Crippen molar-refractivity contribution in [2.75, 3.05) is 6.54 Å². The van der Waals surface area contributed by atoms with E-state index >= 15 is 0 Å². The van der Waals surface area contributed by atoms with Gasteiger partial charge in [0.1, 0.15) is 12.1 Å². The predicted molar refractivity (Wildman–Crippen MR) is 68.2 cm³/mol. The first-order valence-electron chi connectivity index (χ1n) is 6.49. The van der Waals surface area contributed by atoms with Crippen LogP contribution >= 0.6 is 0 Å². The highest BCUT2D eigenvalue weighted by Gasteiger charge is 2.47. The molecule has 0 spiro atoms. The maximum absolute atomic E-state index is 12.3. The van der Waals surface area contributed by atoms with E-state index < -0.39 is 18.2 Å². The van der Waals surface area contributed by atoms with Crippen LogP contribution in [-0.2, 0) is 16.0 Å². The number of aliphatic hydroxyl groups is 1. The number of rotatable bonds is 2. The molecule has 2 aliphatic rings. The first-order chi connectivity index (χ1) is 9.16. The summed E-state index contributed by atoms with van der Waals surface area (Å²) < 4.78 is 0. The Bertz CT molecular complexity index is 503. The molecule has 0 radical (unpaired) electrons. The SMILES string of the molecule is O=C1NC(Cc2ccccc2)C(=O)N2CCC(O)C12. The largest absolute Gasteiger partial charge is 0.390 e. The predicted octanol–water partition coefficient (Wildman–Crippen LogP) is -0.311. The molecular formula is C14H16N2O3. The summed E-state index contributed by atoms with van der Waals surface area (Å²) >= 11 is 0. The number of nitrogens with one attached hydrogen (secondary N) is 1. The second-order valence-electron chi connectivity index (χ2n) is 5.08. The average Bonchev–Trinajstić information content (AvgIpc) is 2.80. The van der Waals surface area contributed by atoms with Crippen molar-refractivity contribution in [3.8, 4) is 0 Å². The first kappa shape index (κ1) is 12.2. The molecule has 0 saturated carbocycles. The van der Waals surface area contributed by atoms with Gasteiger partial charge in [-0.1, -0.05) is 30.3 Å². The number of piperazine rings is 1. The van der Waals surface area contributed by atoms with Gasteiger partial charge >= 0.3 is 0 Å². The number of amides is 2. The number of carbonyl (C=O) groups excluding carboxylic acids is 2. The summed E-state index contributed by atoms with van der Waals surface area (Å²) in [5.74, 6) is -0.337. The molecule has 2 heterocycles. The van der Waals surface area contributed by atoms with Crippen LogP contribution in [0.3, 0.4) is 0 Å². The first-order valence-corrected chi connectivity index (χ1v) is 6.49. The molecule has 5 nitrogen and oxygen atoms in total. The van der Waals surface area contributed by atoms with Crippen molar-refractivity contribution in [3.05, 3.63) is 35.9 Å². The molecule has 5 heteroatoms. The minimum Gasteiger partial charge on any atom is -0.390 e. The molecule has 2 N–H and O–H groups in total. The highest BCUT2D eigenvalue weighted by molar-refractivity contribution is 5.98. The third-order valence-corrected chi connectivity index (χ3v) is 3.81. The molecule has 0 aromatic heterocycles. The number of benzene rings is 1. The molecule has 3 rings (SSSR count). The summed E-state index contributed by atoms with van der Waals surface area (Å²) in [5.41, 5.74) is 1.01. The summed E-state index contributed by atoms with van der Waals surface area (Å²) in [6.07, 6.45) is 0.230. The van der Waals surface area contributed by atoms with Crippen LogP contribution < -0.4 is 5.32 Å². The van der Waals surface area contributed by atoms with Crippen LogP contribution in [0, 0.1) is 0 Å². The molecule has 3 unspecified atom stereocenters. The maximum Gasteiger partial charge on any atom is 0.246 e. The lowest BCUT2D eigenvalue weighted by atomic mass is 10.0. The second kappa shape index (κ2) is 4.66. The van der Waals surface area contributed by atoms with E-state index in [1.54, 1.807) is 0 Å². The number of nitrogens with zero attached hydrogens (tertiary/aromatic N) is 1. The smallest absolute Gasteiger partial charge is 0.246 e. The summed E-state index contributed by atoms with van der Waals surface area (Å²) in [5, 5.41) is 12.5. The Morgan fingerprint density at radius 3 is 2.74 bits per heavy atom. The standard InChI is InChI=1S/C14H16N2O3/c17-11-6-7-16-12(11)13(18)15-10(14(16)19)8-9-4-2-1-3-5-9/h1-5,10-12,17H,6-8H2,(H,15,18). The van der Waals surface area contributed by atoms with Crippen molar-refractivity contribution in [2.24, 2.45) is 0 Å². The monoisotopic (exact) mass is 260 g/mol. The van der Waals surface area contributed by atoms with E-state index in [2.05, 4.69) is 5.32 Å². The molecule has 2 fully saturated rings. The van der Waals surface area contributed by atoms with Crippen LogP contribution in [-0.4, -0.2) is 46.6 Å². The van der Waals surface area contributed by atoms with Gasteiger partial charge < -0.3 is 15.3 Å². The van der Waals surface area contributed by atoms with Gasteiger partial charge in [0, 0.05) is 13.0 Å². The van der Waals surface area contributed by atoms with Crippen molar-refractivity contribution in [1.82, 2.24) is 10.2 Å². The van der Waals surface area contributed by atoms with Gasteiger partial charge in [-0.05, 0) is 12.0 Å². The molecule has 0 bridgehead atoms. The molecule has 2 aliphatic heterocycles. The molecule has 1 aromatic rings. The Labute approximate surface area is 111 Å². The van der Waals surface area contributed by atoms with Crippen molar-refractivity contribution >= 4 is 11.8 Å². The van der Waals surface area contributed by atoms with E-state index in [-0.39, 0.29) is 11.8 Å². The molecule has 1 aromatic carbocycles. The third-order valence-electron chi connectivity index (χ3n) is 3.81. The number of fused-ring (bicyclic) bond motifs is 1. The fraction of sp³-hybridized carbons (Fsp3) is 0.429. The lowest BCUT2D eigenvalue weighted by molar-refractivity contribution is -0.149. The van der Waals surface area contributed by atoms with Gasteiger partial charge in [-0.2, -0.15) is 0 Å². The van der Waals surface area contributed by atoms with Crippen LogP contribution in [0.2, 0.25) is 0 Å². The zero-order valence-corrected chi connectivity index (χ0v) is 10.5. The van der Waals surface area contributed by atoms with Crippen molar-refractivity contribution < 1.29 is 14.7 Å². The van der Waals surface area contributed by atoms with Crippen LogP contribution in [0.1, 0.15) is 12.0 Å². The van der Waals surface area contributed by atoms with E-state index in [4.69, 9.17) is 0 Å². The van der Waals surface area contributed by atoms with Gasteiger partial charge in [-0.25, -0.2) is 0 Å². The van der Waals surface area contributed by atoms with E-state index in [1.165, 1.54) is 4.90 Å².